The Bertz CT molecular complexity index is 194. The van der Waals surface area contributed by atoms with E-state index in [2.05, 4.69) is 13.8 Å². The van der Waals surface area contributed by atoms with Gasteiger partial charge in [0.1, 0.15) is 0 Å². The molecule has 21 heavy (non-hydrogen) atoms. The van der Waals surface area contributed by atoms with Gasteiger partial charge in [0.2, 0.25) is 0 Å². The third kappa shape index (κ3) is 15.4. The molecule has 0 aliphatic heterocycles. The van der Waals surface area contributed by atoms with Crippen LogP contribution in [0, 0.1) is 0 Å². The van der Waals surface area contributed by atoms with Crippen LogP contribution in [0.25, 0.3) is 0 Å². The molecule has 0 radical (unpaired) electrons. The van der Waals surface area contributed by atoms with Crippen LogP contribution in [0.4, 0.5) is 0 Å². The summed E-state index contributed by atoms with van der Waals surface area (Å²) in [7, 11) is 0. The van der Waals surface area contributed by atoms with Gasteiger partial charge in [-0.25, -0.2) is 0 Å². The molecule has 2 unspecified atom stereocenters. The first-order chi connectivity index (χ1) is 10.2. The Morgan fingerprint density at radius 3 is 1.10 bits per heavy atom. The lowest BCUT2D eigenvalue weighted by Gasteiger charge is -2.18. The van der Waals surface area contributed by atoms with Crippen LogP contribution in [0.3, 0.4) is 0 Å². The second-order valence-electron chi connectivity index (χ2n) is 6.60. The van der Waals surface area contributed by atoms with Gasteiger partial charge in [0.25, 0.3) is 0 Å². The molecular formula is C19H40S2. The van der Waals surface area contributed by atoms with Crippen LogP contribution in [0.1, 0.15) is 110 Å². The lowest BCUT2D eigenvalue weighted by Crippen LogP contribution is -2.15. The quantitative estimate of drug-likeness (QED) is 0.212. The molecule has 0 aliphatic rings. The number of rotatable bonds is 16. The van der Waals surface area contributed by atoms with Gasteiger partial charge >= 0.3 is 0 Å². The number of hydrogen-bond donors (Lipinski definition) is 2. The van der Waals surface area contributed by atoms with Gasteiger partial charge in [-0.2, -0.15) is 25.3 Å². The fourth-order valence-electron chi connectivity index (χ4n) is 2.83. The maximum atomic E-state index is 4.77. The first-order valence-electron chi connectivity index (χ1n) is 9.58. The fourth-order valence-corrected chi connectivity index (χ4v) is 3.49. The van der Waals surface area contributed by atoms with Crippen LogP contribution in [0.2, 0.25) is 0 Å². The Balaban J connectivity index is 3.34. The van der Waals surface area contributed by atoms with Crippen LogP contribution in [-0.2, 0) is 0 Å². The number of unbranched alkanes of at least 4 members (excludes halogenated alkanes) is 11. The molecule has 0 aromatic rings. The van der Waals surface area contributed by atoms with Gasteiger partial charge in [-0.3, -0.25) is 0 Å². The van der Waals surface area contributed by atoms with Gasteiger partial charge in [-0.15, -0.1) is 0 Å². The molecule has 0 heterocycles. The SMILES string of the molecule is CCCCCCCCCC(S)C(S)CCCCCCCC. The van der Waals surface area contributed by atoms with E-state index in [9.17, 15) is 0 Å². The van der Waals surface area contributed by atoms with Crippen molar-refractivity contribution in [3.8, 4) is 0 Å². The topological polar surface area (TPSA) is 0 Å². The zero-order chi connectivity index (χ0) is 15.8. The highest BCUT2D eigenvalue weighted by atomic mass is 32.1. The van der Waals surface area contributed by atoms with Crippen molar-refractivity contribution in [3.05, 3.63) is 0 Å². The Labute approximate surface area is 146 Å². The minimum absolute atomic E-state index is 0.500. The molecular weight excluding hydrogens is 292 g/mol. The van der Waals surface area contributed by atoms with Gasteiger partial charge in [0.05, 0.1) is 0 Å². The fraction of sp³-hybridized carbons (Fsp3) is 1.00. The van der Waals surface area contributed by atoms with Crippen molar-refractivity contribution in [3.63, 3.8) is 0 Å². The second-order valence-corrected chi connectivity index (χ2v) is 7.93. The normalized spacial score (nSPS) is 14.3. The van der Waals surface area contributed by atoms with E-state index in [0.717, 1.165) is 0 Å². The molecule has 0 aromatic carbocycles. The van der Waals surface area contributed by atoms with Crippen molar-refractivity contribution in [1.29, 1.82) is 0 Å². The van der Waals surface area contributed by atoms with Crippen molar-refractivity contribution in [1.82, 2.24) is 0 Å². The van der Waals surface area contributed by atoms with Crippen molar-refractivity contribution in [2.75, 3.05) is 0 Å². The van der Waals surface area contributed by atoms with Crippen LogP contribution < -0.4 is 0 Å². The Hall–Kier alpha value is 0.700. The summed E-state index contributed by atoms with van der Waals surface area (Å²) < 4.78 is 0. The molecule has 2 atom stereocenters. The predicted octanol–water partition coefficient (Wildman–Crippen LogP) is 7.47. The van der Waals surface area contributed by atoms with Gasteiger partial charge in [-0.05, 0) is 12.8 Å². The summed E-state index contributed by atoms with van der Waals surface area (Å²) in [5.74, 6) is 0. The average Bonchev–Trinajstić information content (AvgIpc) is 2.49. The maximum Gasteiger partial charge on any atom is 0.0133 e. The summed E-state index contributed by atoms with van der Waals surface area (Å²) in [5.41, 5.74) is 0. The molecule has 0 N–H and O–H groups in total. The molecule has 0 rings (SSSR count). The van der Waals surface area contributed by atoms with Crippen molar-refractivity contribution in [2.24, 2.45) is 0 Å². The first kappa shape index (κ1) is 21.7. The van der Waals surface area contributed by atoms with E-state index < -0.39 is 0 Å². The molecule has 0 spiro atoms. The van der Waals surface area contributed by atoms with Crippen molar-refractivity contribution < 1.29 is 0 Å². The summed E-state index contributed by atoms with van der Waals surface area (Å²) in [6.07, 6.45) is 20.5. The van der Waals surface area contributed by atoms with E-state index in [0.29, 0.717) is 10.5 Å². The second kappa shape index (κ2) is 17.1. The van der Waals surface area contributed by atoms with Crippen molar-refractivity contribution >= 4 is 25.3 Å². The Morgan fingerprint density at radius 2 is 0.762 bits per heavy atom. The molecule has 2 heteroatoms. The molecule has 0 fully saturated rings. The van der Waals surface area contributed by atoms with E-state index in [4.69, 9.17) is 25.3 Å². The zero-order valence-electron chi connectivity index (χ0n) is 14.7. The summed E-state index contributed by atoms with van der Waals surface area (Å²) >= 11 is 9.53. The van der Waals surface area contributed by atoms with E-state index in [1.807, 2.05) is 0 Å². The van der Waals surface area contributed by atoms with Crippen LogP contribution in [0.5, 0.6) is 0 Å². The summed E-state index contributed by atoms with van der Waals surface area (Å²) in [6, 6.07) is 0. The molecule has 0 saturated carbocycles. The molecule has 0 aliphatic carbocycles. The maximum absolute atomic E-state index is 4.77. The summed E-state index contributed by atoms with van der Waals surface area (Å²) in [4.78, 5) is 0. The minimum Gasteiger partial charge on any atom is -0.175 e. The molecule has 0 amide bonds. The first-order valence-corrected chi connectivity index (χ1v) is 10.6. The highest BCUT2D eigenvalue weighted by Crippen LogP contribution is 2.22. The molecule has 0 saturated heterocycles. The minimum atomic E-state index is 0.500. The smallest absolute Gasteiger partial charge is 0.0133 e. The van der Waals surface area contributed by atoms with E-state index >= 15 is 0 Å². The van der Waals surface area contributed by atoms with Crippen LogP contribution >= 0.6 is 25.3 Å². The third-order valence-electron chi connectivity index (χ3n) is 4.40. The highest BCUT2D eigenvalue weighted by molar-refractivity contribution is 7.85. The average molecular weight is 333 g/mol. The van der Waals surface area contributed by atoms with Gasteiger partial charge < -0.3 is 0 Å². The monoisotopic (exact) mass is 332 g/mol. The van der Waals surface area contributed by atoms with Crippen LogP contribution in [-0.4, -0.2) is 10.5 Å². The van der Waals surface area contributed by atoms with E-state index in [-0.39, 0.29) is 0 Å². The van der Waals surface area contributed by atoms with E-state index in [1.54, 1.807) is 0 Å². The molecule has 0 aromatic heterocycles. The largest absolute Gasteiger partial charge is 0.175 e. The van der Waals surface area contributed by atoms with Gasteiger partial charge in [-0.1, -0.05) is 97.3 Å². The Kier molecular flexibility index (Phi) is 17.6. The Morgan fingerprint density at radius 1 is 0.476 bits per heavy atom. The van der Waals surface area contributed by atoms with Crippen molar-refractivity contribution in [2.45, 2.75) is 121 Å². The summed E-state index contributed by atoms with van der Waals surface area (Å²) in [6.45, 7) is 4.56. The number of thiol groups is 2. The zero-order valence-corrected chi connectivity index (χ0v) is 16.4. The third-order valence-corrected chi connectivity index (χ3v) is 5.87. The molecule has 0 nitrogen and oxygen atoms in total. The highest BCUT2D eigenvalue weighted by Gasteiger charge is 2.13. The molecule has 128 valence electrons. The van der Waals surface area contributed by atoms with Gasteiger partial charge in [0.15, 0.2) is 0 Å². The number of hydrogen-bond acceptors (Lipinski definition) is 2. The predicted molar refractivity (Wildman–Crippen MR) is 106 cm³/mol. The lowest BCUT2D eigenvalue weighted by molar-refractivity contribution is 0.543. The summed E-state index contributed by atoms with van der Waals surface area (Å²) in [5, 5.41) is 0.999. The lowest BCUT2D eigenvalue weighted by atomic mass is 10.0. The standard InChI is InChI=1S/C19H40S2/c1-3-5-7-9-11-13-15-17-19(21)18(20)16-14-12-10-8-6-4-2/h18-21H,3-17H2,1-2H3. The van der Waals surface area contributed by atoms with Gasteiger partial charge in [0, 0.05) is 10.5 Å². The van der Waals surface area contributed by atoms with E-state index in [1.165, 1.54) is 96.3 Å². The molecule has 0 bridgehead atoms. The van der Waals surface area contributed by atoms with Crippen LogP contribution in [0.15, 0.2) is 0 Å².